The van der Waals surface area contributed by atoms with Crippen LogP contribution >= 0.6 is 11.6 Å². The largest absolute Gasteiger partial charge is 0.453 e. The van der Waals surface area contributed by atoms with E-state index in [0.29, 0.717) is 47.9 Å². The number of methoxy groups -OCH3 is 1. The molecule has 1 atom stereocenters. The van der Waals surface area contributed by atoms with Crippen LogP contribution in [0, 0.1) is 0 Å². The summed E-state index contributed by atoms with van der Waals surface area (Å²) in [5.41, 5.74) is 4.84. The quantitative estimate of drug-likeness (QED) is 0.301. The molecule has 5 rings (SSSR count). The summed E-state index contributed by atoms with van der Waals surface area (Å²) in [4.78, 5) is 40.3. The zero-order chi connectivity index (χ0) is 29.5. The summed E-state index contributed by atoms with van der Waals surface area (Å²) in [6, 6.07) is 19.5. The number of ether oxygens (including phenoxy) is 1. The van der Waals surface area contributed by atoms with Gasteiger partial charge in [-0.25, -0.2) is 4.79 Å². The maximum atomic E-state index is 13.8. The summed E-state index contributed by atoms with van der Waals surface area (Å²) in [5.74, 6) is -0.608. The lowest BCUT2D eigenvalue weighted by Crippen LogP contribution is -2.50. The molecule has 3 amide bonds. The number of fused-ring (bicyclic) bond motifs is 1. The molecule has 42 heavy (non-hydrogen) atoms. The van der Waals surface area contributed by atoms with Crippen molar-refractivity contribution in [1.29, 1.82) is 0 Å². The molecule has 0 saturated heterocycles. The summed E-state index contributed by atoms with van der Waals surface area (Å²) in [6.07, 6.45) is 4.82. The number of benzene rings is 3. The Hall–Kier alpha value is -5.03. The standard InChI is InChI=1S/C30H28ClN7O4/c1-42-30(41)33-25-10-7-23-18-37(14-13-21(23)17-25)29(40)26(15-20-5-3-2-4-6-20)34-28(39)12-8-22-16-24(31)9-11-27(22)38-19-32-35-36-38/h2-12,16-17,19,26H,13-15,18H2,1H3,(H,33,41)(H,34,39)/b12-8+/t26-/m0/s1. The van der Waals surface area contributed by atoms with Crippen LogP contribution in [0.4, 0.5) is 10.5 Å². The molecule has 1 aliphatic rings. The van der Waals surface area contributed by atoms with E-state index in [1.165, 1.54) is 24.2 Å². The molecule has 1 aromatic heterocycles. The van der Waals surface area contributed by atoms with Gasteiger partial charge in [-0.1, -0.05) is 48.0 Å². The summed E-state index contributed by atoms with van der Waals surface area (Å²) in [6.45, 7) is 0.865. The van der Waals surface area contributed by atoms with Crippen LogP contribution in [0.1, 0.15) is 22.3 Å². The Morgan fingerprint density at radius 3 is 2.67 bits per heavy atom. The highest BCUT2D eigenvalue weighted by atomic mass is 35.5. The first kappa shape index (κ1) is 28.5. The van der Waals surface area contributed by atoms with Crippen molar-refractivity contribution in [3.8, 4) is 5.69 Å². The van der Waals surface area contributed by atoms with Crippen molar-refractivity contribution >= 4 is 41.3 Å². The van der Waals surface area contributed by atoms with E-state index < -0.39 is 18.0 Å². The van der Waals surface area contributed by atoms with Crippen molar-refractivity contribution in [3.05, 3.63) is 106 Å². The van der Waals surface area contributed by atoms with Gasteiger partial charge in [0.05, 0.1) is 12.8 Å². The van der Waals surface area contributed by atoms with Crippen molar-refractivity contribution in [2.75, 3.05) is 19.0 Å². The highest BCUT2D eigenvalue weighted by Crippen LogP contribution is 2.24. The fraction of sp³-hybridized carbons (Fsp3) is 0.200. The molecule has 1 aliphatic heterocycles. The second kappa shape index (κ2) is 13.1. The third-order valence-electron chi connectivity index (χ3n) is 6.86. The molecule has 214 valence electrons. The molecule has 0 fully saturated rings. The smallest absolute Gasteiger partial charge is 0.411 e. The van der Waals surface area contributed by atoms with E-state index in [0.717, 1.165) is 16.7 Å². The molecule has 12 heteroatoms. The molecule has 2 heterocycles. The van der Waals surface area contributed by atoms with Crippen molar-refractivity contribution < 1.29 is 19.1 Å². The van der Waals surface area contributed by atoms with Gasteiger partial charge < -0.3 is 15.0 Å². The van der Waals surface area contributed by atoms with Crippen LogP contribution in [0.15, 0.2) is 79.1 Å². The van der Waals surface area contributed by atoms with Gasteiger partial charge >= 0.3 is 6.09 Å². The summed E-state index contributed by atoms with van der Waals surface area (Å²) < 4.78 is 6.14. The Labute approximate surface area is 247 Å². The number of halogens is 1. The van der Waals surface area contributed by atoms with Crippen LogP contribution in [0.3, 0.4) is 0 Å². The van der Waals surface area contributed by atoms with E-state index >= 15 is 0 Å². The lowest BCUT2D eigenvalue weighted by atomic mass is 9.97. The van der Waals surface area contributed by atoms with E-state index in [9.17, 15) is 14.4 Å². The Balaban J connectivity index is 1.32. The van der Waals surface area contributed by atoms with E-state index in [1.54, 1.807) is 35.2 Å². The fourth-order valence-corrected chi connectivity index (χ4v) is 4.96. The van der Waals surface area contributed by atoms with E-state index in [-0.39, 0.29) is 5.91 Å². The number of nitrogens with zero attached hydrogens (tertiary/aromatic N) is 5. The maximum Gasteiger partial charge on any atom is 0.411 e. The number of amides is 3. The third-order valence-corrected chi connectivity index (χ3v) is 7.09. The average molecular weight is 586 g/mol. The molecule has 11 nitrogen and oxygen atoms in total. The Kier molecular flexibility index (Phi) is 8.88. The molecule has 2 N–H and O–H groups in total. The third kappa shape index (κ3) is 6.99. The highest BCUT2D eigenvalue weighted by molar-refractivity contribution is 6.30. The number of anilines is 1. The van der Waals surface area contributed by atoms with Crippen LogP contribution in [0.5, 0.6) is 0 Å². The summed E-state index contributed by atoms with van der Waals surface area (Å²) >= 11 is 6.20. The predicted molar refractivity (Wildman–Crippen MR) is 157 cm³/mol. The summed E-state index contributed by atoms with van der Waals surface area (Å²) in [5, 5.41) is 17.3. The number of hydrogen-bond donors (Lipinski definition) is 2. The maximum absolute atomic E-state index is 13.8. The Morgan fingerprint density at radius 1 is 1.07 bits per heavy atom. The molecule has 0 bridgehead atoms. The lowest BCUT2D eigenvalue weighted by molar-refractivity contribution is -0.136. The van der Waals surface area contributed by atoms with Gasteiger partial charge in [0.2, 0.25) is 11.8 Å². The van der Waals surface area contributed by atoms with Crippen LogP contribution in [-0.4, -0.2) is 62.7 Å². The van der Waals surface area contributed by atoms with Crippen molar-refractivity contribution in [3.63, 3.8) is 0 Å². The first-order chi connectivity index (χ1) is 20.4. The normalized spacial score (nSPS) is 13.3. The highest BCUT2D eigenvalue weighted by Gasteiger charge is 2.28. The van der Waals surface area contributed by atoms with Crippen molar-refractivity contribution in [2.45, 2.75) is 25.4 Å². The SMILES string of the molecule is COC(=O)Nc1ccc2c(c1)CCN(C(=O)[C@H](Cc1ccccc1)NC(=O)/C=C/c1cc(Cl)ccc1-n1cnnn1)C2. The van der Waals surface area contributed by atoms with Gasteiger partial charge in [0.1, 0.15) is 12.4 Å². The second-order valence-corrected chi connectivity index (χ2v) is 10.1. The first-order valence-electron chi connectivity index (χ1n) is 13.2. The summed E-state index contributed by atoms with van der Waals surface area (Å²) in [7, 11) is 1.31. The Bertz CT molecular complexity index is 1610. The molecule has 0 unspecified atom stereocenters. The van der Waals surface area contributed by atoms with Crippen LogP contribution < -0.4 is 10.6 Å². The van der Waals surface area contributed by atoms with E-state index in [2.05, 4.69) is 30.9 Å². The van der Waals surface area contributed by atoms with Crippen LogP contribution in [-0.2, 0) is 33.7 Å². The monoisotopic (exact) mass is 585 g/mol. The van der Waals surface area contributed by atoms with Gasteiger partial charge in [0, 0.05) is 41.9 Å². The van der Waals surface area contributed by atoms with Gasteiger partial charge in [-0.3, -0.25) is 14.9 Å². The fourth-order valence-electron chi connectivity index (χ4n) is 4.78. The lowest BCUT2D eigenvalue weighted by Gasteiger charge is -2.32. The van der Waals surface area contributed by atoms with Gasteiger partial charge in [-0.2, -0.15) is 4.68 Å². The minimum absolute atomic E-state index is 0.180. The van der Waals surface area contributed by atoms with Gasteiger partial charge in [-0.05, 0) is 69.9 Å². The van der Waals surface area contributed by atoms with Crippen LogP contribution in [0.2, 0.25) is 5.02 Å². The molecule has 0 radical (unpaired) electrons. The molecule has 3 aromatic carbocycles. The number of rotatable bonds is 8. The Morgan fingerprint density at radius 2 is 1.90 bits per heavy atom. The van der Waals surface area contributed by atoms with E-state index in [4.69, 9.17) is 11.6 Å². The van der Waals surface area contributed by atoms with Crippen molar-refractivity contribution in [1.82, 2.24) is 30.4 Å². The van der Waals surface area contributed by atoms with Crippen LogP contribution in [0.25, 0.3) is 11.8 Å². The van der Waals surface area contributed by atoms with Gasteiger partial charge in [0.25, 0.3) is 0 Å². The zero-order valence-corrected chi connectivity index (χ0v) is 23.5. The van der Waals surface area contributed by atoms with E-state index in [1.807, 2.05) is 42.5 Å². The number of carbonyl (C=O) groups excluding carboxylic acids is 3. The second-order valence-electron chi connectivity index (χ2n) is 9.65. The number of nitrogens with one attached hydrogen (secondary N) is 2. The molecular formula is C30H28ClN7O4. The number of carbonyl (C=O) groups is 3. The minimum Gasteiger partial charge on any atom is -0.453 e. The molecular weight excluding hydrogens is 558 g/mol. The predicted octanol–water partition coefficient (Wildman–Crippen LogP) is 3.82. The zero-order valence-electron chi connectivity index (χ0n) is 22.7. The number of tetrazole rings is 1. The van der Waals surface area contributed by atoms with Gasteiger partial charge in [0.15, 0.2) is 0 Å². The molecule has 0 saturated carbocycles. The first-order valence-corrected chi connectivity index (χ1v) is 13.6. The average Bonchev–Trinajstić information content (AvgIpc) is 3.54. The van der Waals surface area contributed by atoms with Crippen molar-refractivity contribution in [2.24, 2.45) is 0 Å². The molecule has 0 spiro atoms. The molecule has 4 aromatic rings. The molecule has 0 aliphatic carbocycles. The topological polar surface area (TPSA) is 131 Å². The van der Waals surface area contributed by atoms with Gasteiger partial charge in [-0.15, -0.1) is 5.10 Å². The minimum atomic E-state index is -0.787. The number of aromatic nitrogens is 4. The number of hydrogen-bond acceptors (Lipinski definition) is 7.